The Hall–Kier alpha value is -1.81. The quantitative estimate of drug-likeness (QED) is 0.873. The number of aryl methyl sites for hydroxylation is 2. The first-order valence-corrected chi connectivity index (χ1v) is 7.09. The third kappa shape index (κ3) is 3.39. The van der Waals surface area contributed by atoms with Crippen LogP contribution in [0.2, 0.25) is 0 Å². The largest absolute Gasteiger partial charge is 0.478 e. The number of carboxylic acid groups (broad SMARTS) is 1. The van der Waals surface area contributed by atoms with Crippen LogP contribution in [0, 0.1) is 13.8 Å². The minimum Gasteiger partial charge on any atom is -0.478 e. The van der Waals surface area contributed by atoms with E-state index in [2.05, 4.69) is 46.4 Å². The van der Waals surface area contributed by atoms with Crippen LogP contribution in [-0.4, -0.2) is 11.1 Å². The molecule has 4 heteroatoms. The molecule has 0 saturated carbocycles. The molecule has 0 heterocycles. The summed E-state index contributed by atoms with van der Waals surface area (Å²) in [7, 11) is 0. The van der Waals surface area contributed by atoms with Crippen molar-refractivity contribution in [2.75, 3.05) is 5.32 Å². The van der Waals surface area contributed by atoms with Crippen molar-refractivity contribution in [3.05, 3.63) is 63.1 Å². The minimum atomic E-state index is -0.901. The van der Waals surface area contributed by atoms with Crippen molar-refractivity contribution in [3.8, 4) is 0 Å². The number of anilines is 1. The Kier molecular flexibility index (Phi) is 4.45. The molecule has 0 bridgehead atoms. The SMILES string of the molecule is Cc1ccc(CNc2ccc(C(=O)O)cc2C)cc1Br. The van der Waals surface area contributed by atoms with Gasteiger partial charge in [-0.1, -0.05) is 28.1 Å². The molecule has 0 aliphatic rings. The number of aromatic carboxylic acids is 1. The molecule has 0 radical (unpaired) electrons. The van der Waals surface area contributed by atoms with Crippen LogP contribution in [-0.2, 0) is 6.54 Å². The van der Waals surface area contributed by atoms with E-state index < -0.39 is 5.97 Å². The summed E-state index contributed by atoms with van der Waals surface area (Å²) in [5.74, 6) is -0.901. The molecule has 0 aliphatic carbocycles. The molecule has 104 valence electrons. The molecule has 0 saturated heterocycles. The van der Waals surface area contributed by atoms with Gasteiger partial charge in [0.1, 0.15) is 0 Å². The summed E-state index contributed by atoms with van der Waals surface area (Å²) in [4.78, 5) is 10.9. The fourth-order valence-corrected chi connectivity index (χ4v) is 2.36. The van der Waals surface area contributed by atoms with E-state index in [4.69, 9.17) is 5.11 Å². The molecular formula is C16H16BrNO2. The van der Waals surface area contributed by atoms with Gasteiger partial charge in [-0.15, -0.1) is 0 Å². The maximum Gasteiger partial charge on any atom is 0.335 e. The van der Waals surface area contributed by atoms with Crippen LogP contribution in [0.1, 0.15) is 27.0 Å². The molecule has 0 fully saturated rings. The predicted molar refractivity (Wildman–Crippen MR) is 84.3 cm³/mol. The van der Waals surface area contributed by atoms with Crippen LogP contribution in [0.3, 0.4) is 0 Å². The molecular weight excluding hydrogens is 318 g/mol. The van der Waals surface area contributed by atoms with Crippen molar-refractivity contribution in [1.29, 1.82) is 0 Å². The van der Waals surface area contributed by atoms with Crippen LogP contribution in [0.15, 0.2) is 40.9 Å². The van der Waals surface area contributed by atoms with Crippen LogP contribution < -0.4 is 5.32 Å². The van der Waals surface area contributed by atoms with Gasteiger partial charge < -0.3 is 10.4 Å². The van der Waals surface area contributed by atoms with Crippen molar-refractivity contribution in [1.82, 2.24) is 0 Å². The van der Waals surface area contributed by atoms with Crippen molar-refractivity contribution in [3.63, 3.8) is 0 Å². The normalized spacial score (nSPS) is 10.3. The molecule has 2 aromatic carbocycles. The highest BCUT2D eigenvalue weighted by Crippen LogP contribution is 2.20. The zero-order valence-corrected chi connectivity index (χ0v) is 13.0. The second-order valence-electron chi connectivity index (χ2n) is 4.77. The van der Waals surface area contributed by atoms with Gasteiger partial charge in [-0.25, -0.2) is 4.79 Å². The second kappa shape index (κ2) is 6.09. The number of carboxylic acids is 1. The average Bonchev–Trinajstić information content (AvgIpc) is 2.41. The zero-order chi connectivity index (χ0) is 14.7. The first-order valence-electron chi connectivity index (χ1n) is 6.30. The molecule has 0 aromatic heterocycles. The van der Waals surface area contributed by atoms with Gasteiger partial charge in [0.05, 0.1) is 5.56 Å². The van der Waals surface area contributed by atoms with Crippen LogP contribution in [0.5, 0.6) is 0 Å². The van der Waals surface area contributed by atoms with E-state index in [0.29, 0.717) is 12.1 Å². The fraction of sp³-hybridized carbons (Fsp3) is 0.188. The molecule has 3 nitrogen and oxygen atoms in total. The van der Waals surface area contributed by atoms with E-state index in [1.165, 1.54) is 11.1 Å². The van der Waals surface area contributed by atoms with E-state index in [1.54, 1.807) is 12.1 Å². The first-order chi connectivity index (χ1) is 9.47. The lowest BCUT2D eigenvalue weighted by atomic mass is 10.1. The predicted octanol–water partition coefficient (Wildman–Crippen LogP) is 4.38. The Balaban J connectivity index is 2.10. The van der Waals surface area contributed by atoms with Gasteiger partial charge in [-0.3, -0.25) is 0 Å². The van der Waals surface area contributed by atoms with Gasteiger partial charge in [0, 0.05) is 16.7 Å². The third-order valence-corrected chi connectivity index (χ3v) is 4.05. The molecule has 2 rings (SSSR count). The molecule has 0 unspecified atom stereocenters. The third-order valence-electron chi connectivity index (χ3n) is 3.19. The van der Waals surface area contributed by atoms with Crippen molar-refractivity contribution in [2.24, 2.45) is 0 Å². The van der Waals surface area contributed by atoms with Gasteiger partial charge >= 0.3 is 5.97 Å². The van der Waals surface area contributed by atoms with Crippen molar-refractivity contribution < 1.29 is 9.90 Å². The summed E-state index contributed by atoms with van der Waals surface area (Å²) in [6, 6.07) is 11.3. The lowest BCUT2D eigenvalue weighted by molar-refractivity contribution is 0.0697. The summed E-state index contributed by atoms with van der Waals surface area (Å²) >= 11 is 3.52. The van der Waals surface area contributed by atoms with Crippen LogP contribution in [0.25, 0.3) is 0 Å². The molecule has 2 aromatic rings. The molecule has 0 atom stereocenters. The maximum atomic E-state index is 10.9. The number of carbonyl (C=O) groups is 1. The van der Waals surface area contributed by atoms with Crippen LogP contribution in [0.4, 0.5) is 5.69 Å². The second-order valence-corrected chi connectivity index (χ2v) is 5.63. The topological polar surface area (TPSA) is 49.3 Å². The van der Waals surface area contributed by atoms with Gasteiger partial charge in [-0.2, -0.15) is 0 Å². The number of halogens is 1. The van der Waals surface area contributed by atoms with Crippen molar-refractivity contribution >= 4 is 27.6 Å². The first kappa shape index (κ1) is 14.6. The van der Waals surface area contributed by atoms with E-state index in [1.807, 2.05) is 13.0 Å². The highest BCUT2D eigenvalue weighted by Gasteiger charge is 2.05. The monoisotopic (exact) mass is 333 g/mol. The summed E-state index contributed by atoms with van der Waals surface area (Å²) in [5, 5.41) is 12.3. The van der Waals surface area contributed by atoms with Crippen molar-refractivity contribution in [2.45, 2.75) is 20.4 Å². The Morgan fingerprint density at radius 2 is 1.90 bits per heavy atom. The number of benzene rings is 2. The van der Waals surface area contributed by atoms with Gasteiger partial charge in [-0.05, 0) is 54.8 Å². The van der Waals surface area contributed by atoms with Gasteiger partial charge in [0.2, 0.25) is 0 Å². The molecule has 0 spiro atoms. The Morgan fingerprint density at radius 3 is 2.50 bits per heavy atom. The summed E-state index contributed by atoms with van der Waals surface area (Å²) < 4.78 is 1.09. The van der Waals surface area contributed by atoms with Gasteiger partial charge in [0.15, 0.2) is 0 Å². The number of rotatable bonds is 4. The average molecular weight is 334 g/mol. The molecule has 0 aliphatic heterocycles. The molecule has 20 heavy (non-hydrogen) atoms. The lowest BCUT2D eigenvalue weighted by Gasteiger charge is -2.11. The molecule has 2 N–H and O–H groups in total. The fourth-order valence-electron chi connectivity index (χ4n) is 1.94. The van der Waals surface area contributed by atoms with Gasteiger partial charge in [0.25, 0.3) is 0 Å². The summed E-state index contributed by atoms with van der Waals surface area (Å²) in [6.45, 7) is 4.65. The Morgan fingerprint density at radius 1 is 1.15 bits per heavy atom. The smallest absolute Gasteiger partial charge is 0.335 e. The lowest BCUT2D eigenvalue weighted by Crippen LogP contribution is -2.03. The van der Waals surface area contributed by atoms with E-state index in [-0.39, 0.29) is 0 Å². The summed E-state index contributed by atoms with van der Waals surface area (Å²) in [5.41, 5.74) is 4.56. The highest BCUT2D eigenvalue weighted by molar-refractivity contribution is 9.10. The van der Waals surface area contributed by atoms with Crippen LogP contribution >= 0.6 is 15.9 Å². The number of hydrogen-bond donors (Lipinski definition) is 2. The summed E-state index contributed by atoms with van der Waals surface area (Å²) in [6.07, 6.45) is 0. The van der Waals surface area contributed by atoms with E-state index >= 15 is 0 Å². The standard InChI is InChI=1S/C16H16BrNO2/c1-10-3-4-12(8-14(10)17)9-18-15-6-5-13(16(19)20)7-11(15)2/h3-8,18H,9H2,1-2H3,(H,19,20). The Labute approximate surface area is 126 Å². The minimum absolute atomic E-state index is 0.311. The maximum absolute atomic E-state index is 10.9. The number of hydrogen-bond acceptors (Lipinski definition) is 2. The highest BCUT2D eigenvalue weighted by atomic mass is 79.9. The molecule has 0 amide bonds. The zero-order valence-electron chi connectivity index (χ0n) is 11.4. The Bertz CT molecular complexity index is 653. The number of nitrogens with one attached hydrogen (secondary N) is 1. The van der Waals surface area contributed by atoms with E-state index in [0.717, 1.165) is 15.7 Å². The van der Waals surface area contributed by atoms with E-state index in [9.17, 15) is 4.79 Å².